The zero-order valence-electron chi connectivity index (χ0n) is 23.9. The minimum atomic E-state index is -1.84. The number of H-pyrrole nitrogens is 1. The van der Waals surface area contributed by atoms with E-state index in [0.717, 1.165) is 77.3 Å². The molecule has 0 bridgehead atoms. The number of aryl methyl sites for hydroxylation is 1. The number of carbonyl (C=O) groups is 1. The molecule has 3 heterocycles. The summed E-state index contributed by atoms with van der Waals surface area (Å²) in [6.45, 7) is 13.4. The summed E-state index contributed by atoms with van der Waals surface area (Å²) in [5, 5.41) is 15.7. The van der Waals surface area contributed by atoms with Crippen molar-refractivity contribution in [1.29, 1.82) is 0 Å². The normalized spacial score (nSPS) is 17.1. The first-order valence-corrected chi connectivity index (χ1v) is 18.0. The molecule has 3 N–H and O–H groups in total. The van der Waals surface area contributed by atoms with Crippen LogP contribution in [0.2, 0.25) is 18.1 Å². The van der Waals surface area contributed by atoms with Gasteiger partial charge in [-0.05, 0) is 105 Å². The van der Waals surface area contributed by atoms with Gasteiger partial charge >= 0.3 is 0 Å². The van der Waals surface area contributed by atoms with Crippen LogP contribution in [-0.4, -0.2) is 43.6 Å². The number of thioether (sulfide) groups is 1. The number of aromatic nitrogens is 2. The van der Waals surface area contributed by atoms with E-state index in [1.807, 2.05) is 18.2 Å². The van der Waals surface area contributed by atoms with E-state index in [0.29, 0.717) is 5.92 Å². The maximum absolute atomic E-state index is 13.5. The van der Waals surface area contributed by atoms with Crippen molar-refractivity contribution >= 4 is 43.0 Å². The van der Waals surface area contributed by atoms with E-state index in [1.165, 1.54) is 5.56 Å². The SMILES string of the molecule is CC(C)(C)[Si](C)(C)Oc1ccc(CCCC(NC(=O)C2=Cc3n[nH]c4cccc(c34)S2)C2CCNCC2)cc1. The summed E-state index contributed by atoms with van der Waals surface area (Å²) in [6.07, 6.45) is 7.12. The molecule has 0 aliphatic carbocycles. The molecule has 39 heavy (non-hydrogen) atoms. The molecule has 6 nitrogen and oxygen atoms in total. The molecule has 3 aromatic rings. The first kappa shape index (κ1) is 28.0. The van der Waals surface area contributed by atoms with E-state index in [-0.39, 0.29) is 17.0 Å². The van der Waals surface area contributed by atoms with Gasteiger partial charge in [0.1, 0.15) is 5.75 Å². The molecule has 5 rings (SSSR count). The average molecular weight is 563 g/mol. The van der Waals surface area contributed by atoms with Crippen LogP contribution in [-0.2, 0) is 11.2 Å². The third-order valence-corrected chi connectivity index (χ3v) is 14.1. The number of benzene rings is 2. The maximum Gasteiger partial charge on any atom is 0.258 e. The van der Waals surface area contributed by atoms with E-state index in [4.69, 9.17) is 4.43 Å². The molecule has 208 valence electrons. The van der Waals surface area contributed by atoms with Gasteiger partial charge in [-0.15, -0.1) is 0 Å². The van der Waals surface area contributed by atoms with Gasteiger partial charge in [-0.2, -0.15) is 5.10 Å². The highest BCUT2D eigenvalue weighted by Crippen LogP contribution is 2.40. The first-order valence-electron chi connectivity index (χ1n) is 14.3. The van der Waals surface area contributed by atoms with E-state index in [9.17, 15) is 4.79 Å². The summed E-state index contributed by atoms with van der Waals surface area (Å²) in [5.41, 5.74) is 3.18. The summed E-state index contributed by atoms with van der Waals surface area (Å²) in [5.74, 6) is 1.48. The minimum absolute atomic E-state index is 0.0151. The van der Waals surface area contributed by atoms with Crippen molar-refractivity contribution in [2.75, 3.05) is 13.1 Å². The summed E-state index contributed by atoms with van der Waals surface area (Å²) >= 11 is 1.55. The lowest BCUT2D eigenvalue weighted by Gasteiger charge is -2.36. The van der Waals surface area contributed by atoms with E-state index in [2.05, 4.69) is 85.0 Å². The molecule has 1 unspecified atom stereocenters. The fourth-order valence-electron chi connectivity index (χ4n) is 5.25. The van der Waals surface area contributed by atoms with Crippen LogP contribution in [0.3, 0.4) is 0 Å². The van der Waals surface area contributed by atoms with Crippen LogP contribution in [0.15, 0.2) is 52.3 Å². The number of nitrogens with one attached hydrogen (secondary N) is 3. The lowest BCUT2D eigenvalue weighted by molar-refractivity contribution is -0.117. The van der Waals surface area contributed by atoms with Gasteiger partial charge in [0.25, 0.3) is 5.91 Å². The summed E-state index contributed by atoms with van der Waals surface area (Å²) in [7, 11) is -1.84. The Bertz CT molecular complexity index is 1340. The molecule has 8 heteroatoms. The second-order valence-electron chi connectivity index (χ2n) is 12.5. The van der Waals surface area contributed by atoms with Crippen LogP contribution in [0, 0.1) is 5.92 Å². The van der Waals surface area contributed by atoms with Crippen molar-refractivity contribution in [2.45, 2.75) is 81.9 Å². The molecule has 1 amide bonds. The van der Waals surface area contributed by atoms with Crippen molar-refractivity contribution in [3.63, 3.8) is 0 Å². The number of hydrogen-bond donors (Lipinski definition) is 3. The molecule has 0 radical (unpaired) electrons. The number of aromatic amines is 1. The number of piperidine rings is 1. The Morgan fingerprint density at radius 2 is 1.90 bits per heavy atom. The molecule has 1 saturated heterocycles. The van der Waals surface area contributed by atoms with Crippen LogP contribution in [0.1, 0.15) is 57.7 Å². The third kappa shape index (κ3) is 6.44. The van der Waals surface area contributed by atoms with Gasteiger partial charge in [-0.1, -0.05) is 50.7 Å². The standard InChI is InChI=1S/C31H42N4O2SSi/c1-31(2,3)39(4,5)37-23-14-12-21(13-15-23)8-6-9-24(22-16-18-32-19-17-22)33-30(36)28-20-26-29-25(34-35-26)10-7-11-27(29)38-28/h7,10-15,20,22,24,32H,6,8-9,16-19H2,1-5H3,(H,33,36)(H,34,35). The Labute approximate surface area is 237 Å². The molecule has 1 atom stereocenters. The van der Waals surface area contributed by atoms with Gasteiger partial charge in [-0.3, -0.25) is 9.89 Å². The molecule has 0 saturated carbocycles. The molecule has 2 aliphatic rings. The predicted molar refractivity (Wildman–Crippen MR) is 165 cm³/mol. The fourth-order valence-corrected chi connectivity index (χ4v) is 7.30. The Morgan fingerprint density at radius 1 is 1.15 bits per heavy atom. The lowest BCUT2D eigenvalue weighted by Crippen LogP contribution is -2.44. The molecule has 2 aromatic carbocycles. The zero-order chi connectivity index (χ0) is 27.6. The van der Waals surface area contributed by atoms with Gasteiger partial charge in [0.05, 0.1) is 16.1 Å². The summed E-state index contributed by atoms with van der Waals surface area (Å²) in [6, 6.07) is 14.9. The number of rotatable bonds is 9. The largest absolute Gasteiger partial charge is 0.544 e. The highest BCUT2D eigenvalue weighted by molar-refractivity contribution is 8.04. The second kappa shape index (κ2) is 11.5. The Kier molecular flexibility index (Phi) is 8.26. The van der Waals surface area contributed by atoms with E-state index < -0.39 is 8.32 Å². The molecule has 1 fully saturated rings. The molecule has 1 aromatic heterocycles. The van der Waals surface area contributed by atoms with Gasteiger partial charge in [0.15, 0.2) is 0 Å². The van der Waals surface area contributed by atoms with Crippen molar-refractivity contribution < 1.29 is 9.22 Å². The van der Waals surface area contributed by atoms with Gasteiger partial charge < -0.3 is 15.1 Å². The maximum atomic E-state index is 13.5. The smallest absolute Gasteiger partial charge is 0.258 e. The summed E-state index contributed by atoms with van der Waals surface area (Å²) in [4.78, 5) is 15.3. The quantitative estimate of drug-likeness (QED) is 0.247. The highest BCUT2D eigenvalue weighted by atomic mass is 32.2. The van der Waals surface area contributed by atoms with Crippen molar-refractivity contribution in [3.05, 3.63) is 58.6 Å². The highest BCUT2D eigenvalue weighted by Gasteiger charge is 2.39. The van der Waals surface area contributed by atoms with Crippen molar-refractivity contribution in [2.24, 2.45) is 5.92 Å². The zero-order valence-corrected chi connectivity index (χ0v) is 25.7. The van der Waals surface area contributed by atoms with E-state index >= 15 is 0 Å². The van der Waals surface area contributed by atoms with Gasteiger partial charge in [0, 0.05) is 16.3 Å². The molecular weight excluding hydrogens is 521 g/mol. The molecule has 2 aliphatic heterocycles. The first-order chi connectivity index (χ1) is 18.6. The minimum Gasteiger partial charge on any atom is -0.544 e. The topological polar surface area (TPSA) is 79.0 Å². The van der Waals surface area contributed by atoms with Gasteiger partial charge in [-0.25, -0.2) is 0 Å². The van der Waals surface area contributed by atoms with Crippen LogP contribution >= 0.6 is 11.8 Å². The fraction of sp³-hybridized carbons (Fsp3) is 0.484. The van der Waals surface area contributed by atoms with Crippen molar-refractivity contribution in [1.82, 2.24) is 20.8 Å². The van der Waals surface area contributed by atoms with Crippen LogP contribution < -0.4 is 15.1 Å². The predicted octanol–water partition coefficient (Wildman–Crippen LogP) is 6.90. The lowest BCUT2D eigenvalue weighted by atomic mass is 9.86. The van der Waals surface area contributed by atoms with Gasteiger partial charge in [0.2, 0.25) is 8.32 Å². The monoisotopic (exact) mass is 562 g/mol. The van der Waals surface area contributed by atoms with Crippen LogP contribution in [0.5, 0.6) is 5.75 Å². The molecular formula is C31H42N4O2SSi. The van der Waals surface area contributed by atoms with Crippen LogP contribution in [0.25, 0.3) is 17.0 Å². The van der Waals surface area contributed by atoms with Crippen molar-refractivity contribution in [3.8, 4) is 5.75 Å². The number of nitrogens with zero attached hydrogens (tertiary/aromatic N) is 1. The third-order valence-electron chi connectivity index (χ3n) is 8.64. The number of carbonyl (C=O) groups excluding carboxylic acids is 1. The number of amides is 1. The Balaban J connectivity index is 1.21. The van der Waals surface area contributed by atoms with E-state index in [1.54, 1.807) is 11.8 Å². The number of hydrogen-bond acceptors (Lipinski definition) is 5. The summed E-state index contributed by atoms with van der Waals surface area (Å²) < 4.78 is 6.45. The second-order valence-corrected chi connectivity index (χ2v) is 18.3. The molecule has 0 spiro atoms. The Hall–Kier alpha value is -2.55. The van der Waals surface area contributed by atoms with Crippen LogP contribution in [0.4, 0.5) is 0 Å². The average Bonchev–Trinajstić information content (AvgIpc) is 3.33. The Morgan fingerprint density at radius 3 is 2.62 bits per heavy atom.